The number of carbonyl (C=O) groups excluding carboxylic acids is 1. The predicted octanol–water partition coefficient (Wildman–Crippen LogP) is 2.89. The minimum absolute atomic E-state index is 0.218. The van der Waals surface area contributed by atoms with Gasteiger partial charge in [-0.2, -0.15) is 4.31 Å². The van der Waals surface area contributed by atoms with E-state index < -0.39 is 10.0 Å². The number of aromatic nitrogens is 2. The molecule has 0 atom stereocenters. The normalized spacial score (nSPS) is 18.2. The maximum atomic E-state index is 12.8. The average Bonchev–Trinajstić information content (AvgIpc) is 2.80. The lowest BCUT2D eigenvalue weighted by Crippen LogP contribution is -2.35. The number of amides is 1. The van der Waals surface area contributed by atoms with E-state index in [1.54, 1.807) is 18.2 Å². The maximum Gasteiger partial charge on any atom is 0.256 e. The largest absolute Gasteiger partial charge is 0.356 e. The lowest BCUT2D eigenvalue weighted by Gasteiger charge is -2.27. The van der Waals surface area contributed by atoms with Crippen molar-refractivity contribution in [2.75, 3.05) is 36.4 Å². The smallest absolute Gasteiger partial charge is 0.256 e. The van der Waals surface area contributed by atoms with Gasteiger partial charge in [-0.3, -0.25) is 4.79 Å². The molecule has 1 aromatic carbocycles. The fourth-order valence-corrected chi connectivity index (χ4v) is 5.45. The zero-order valence-corrected chi connectivity index (χ0v) is 17.8. The fraction of sp³-hybridized carbons (Fsp3) is 0.476. The van der Waals surface area contributed by atoms with Crippen LogP contribution in [0.3, 0.4) is 0 Å². The molecule has 2 saturated heterocycles. The van der Waals surface area contributed by atoms with Crippen LogP contribution in [0.15, 0.2) is 41.6 Å². The Morgan fingerprint density at radius 1 is 0.867 bits per heavy atom. The zero-order valence-electron chi connectivity index (χ0n) is 17.0. The van der Waals surface area contributed by atoms with Gasteiger partial charge in [0.05, 0.1) is 4.90 Å². The van der Waals surface area contributed by atoms with E-state index in [4.69, 9.17) is 0 Å². The molecular weight excluding hydrogens is 402 g/mol. The molecule has 0 aliphatic carbocycles. The third kappa shape index (κ3) is 4.62. The molecule has 0 saturated carbocycles. The third-order valence-corrected chi connectivity index (χ3v) is 7.56. The molecule has 1 amide bonds. The van der Waals surface area contributed by atoms with Gasteiger partial charge in [-0.05, 0) is 56.4 Å². The number of sulfonamides is 1. The Balaban J connectivity index is 1.44. The van der Waals surface area contributed by atoms with Crippen molar-refractivity contribution < 1.29 is 13.2 Å². The topological polar surface area (TPSA) is 95.5 Å². The lowest BCUT2D eigenvalue weighted by molar-refractivity contribution is 0.102. The molecule has 0 bridgehead atoms. The highest BCUT2D eigenvalue weighted by Gasteiger charge is 2.26. The molecule has 4 rings (SSSR count). The van der Waals surface area contributed by atoms with Crippen molar-refractivity contribution in [1.29, 1.82) is 0 Å². The van der Waals surface area contributed by atoms with Crippen LogP contribution < -0.4 is 10.2 Å². The Kier molecular flexibility index (Phi) is 6.29. The molecule has 2 aliphatic rings. The molecule has 1 N–H and O–H groups in total. The summed E-state index contributed by atoms with van der Waals surface area (Å²) in [4.78, 5) is 23.5. The number of nitrogens with zero attached hydrogens (tertiary/aromatic N) is 4. The van der Waals surface area contributed by atoms with E-state index in [9.17, 15) is 13.2 Å². The van der Waals surface area contributed by atoms with E-state index in [-0.39, 0.29) is 10.8 Å². The molecule has 0 unspecified atom stereocenters. The second-order valence-corrected chi connectivity index (χ2v) is 9.69. The van der Waals surface area contributed by atoms with Gasteiger partial charge in [-0.1, -0.05) is 6.42 Å². The molecule has 0 spiro atoms. The summed E-state index contributed by atoms with van der Waals surface area (Å²) in [5, 5.41) is 2.78. The fourth-order valence-electron chi connectivity index (χ4n) is 3.93. The van der Waals surface area contributed by atoms with Gasteiger partial charge in [0, 0.05) is 37.8 Å². The number of anilines is 2. The van der Waals surface area contributed by atoms with Gasteiger partial charge in [0.25, 0.3) is 5.91 Å². The summed E-state index contributed by atoms with van der Waals surface area (Å²) in [5.74, 6) is 0.906. The molecule has 160 valence electrons. The van der Waals surface area contributed by atoms with E-state index in [1.807, 2.05) is 0 Å². The Morgan fingerprint density at radius 2 is 1.50 bits per heavy atom. The van der Waals surface area contributed by atoms with Crippen LogP contribution in [0.1, 0.15) is 48.9 Å². The first-order chi connectivity index (χ1) is 14.5. The van der Waals surface area contributed by atoms with Crippen molar-refractivity contribution in [2.24, 2.45) is 0 Å². The van der Waals surface area contributed by atoms with Crippen molar-refractivity contribution in [3.63, 3.8) is 0 Å². The third-order valence-electron chi connectivity index (χ3n) is 5.64. The first-order valence-corrected chi connectivity index (χ1v) is 12.0. The molecule has 8 nitrogen and oxygen atoms in total. The molecule has 0 radical (unpaired) electrons. The minimum atomic E-state index is -3.51. The standard InChI is InChI=1S/C21H27N5O3S/c27-21(24-19-15-20(23-16-22-19)25-11-3-1-4-12-25)17-7-9-18(10-8-17)30(28,29)26-13-5-2-6-14-26/h7-10,15-16H,1-6,11-14H2,(H,22,23,24,27). The first kappa shape index (κ1) is 20.7. The van der Waals surface area contributed by atoms with E-state index in [0.29, 0.717) is 24.5 Å². The minimum Gasteiger partial charge on any atom is -0.356 e. The molecule has 2 aliphatic heterocycles. The van der Waals surface area contributed by atoms with Crippen molar-refractivity contribution >= 4 is 27.6 Å². The Labute approximate surface area is 177 Å². The summed E-state index contributed by atoms with van der Waals surface area (Å²) in [6.07, 6.45) is 7.79. The van der Waals surface area contributed by atoms with Crippen molar-refractivity contribution in [3.05, 3.63) is 42.2 Å². The summed E-state index contributed by atoms with van der Waals surface area (Å²) in [5.41, 5.74) is 0.380. The molecular formula is C21H27N5O3S. The van der Waals surface area contributed by atoms with Crippen molar-refractivity contribution in [2.45, 2.75) is 43.4 Å². The van der Waals surface area contributed by atoms with Gasteiger partial charge in [0.15, 0.2) is 0 Å². The number of piperidine rings is 2. The van der Waals surface area contributed by atoms with Crippen LogP contribution in [0.4, 0.5) is 11.6 Å². The lowest BCUT2D eigenvalue weighted by atomic mass is 10.1. The zero-order chi connectivity index (χ0) is 21.0. The van der Waals surface area contributed by atoms with Crippen LogP contribution in [-0.4, -0.2) is 54.8 Å². The first-order valence-electron chi connectivity index (χ1n) is 10.5. The quantitative estimate of drug-likeness (QED) is 0.785. The molecule has 9 heteroatoms. The monoisotopic (exact) mass is 429 g/mol. The van der Waals surface area contributed by atoms with Crippen LogP contribution in [0.2, 0.25) is 0 Å². The second-order valence-electron chi connectivity index (χ2n) is 7.75. The second kappa shape index (κ2) is 9.09. The van der Waals surface area contributed by atoms with Crippen molar-refractivity contribution in [1.82, 2.24) is 14.3 Å². The van der Waals surface area contributed by atoms with Crippen LogP contribution >= 0.6 is 0 Å². The van der Waals surface area contributed by atoms with Gasteiger partial charge in [-0.15, -0.1) is 0 Å². The molecule has 3 heterocycles. The van der Waals surface area contributed by atoms with Gasteiger partial charge in [0.1, 0.15) is 18.0 Å². The molecule has 2 aromatic rings. The Morgan fingerprint density at radius 3 is 2.17 bits per heavy atom. The summed E-state index contributed by atoms with van der Waals surface area (Å²) in [7, 11) is -3.51. The SMILES string of the molecule is O=C(Nc1cc(N2CCCCC2)ncn1)c1ccc(S(=O)(=O)N2CCCCC2)cc1. The maximum absolute atomic E-state index is 12.8. The number of rotatable bonds is 5. The number of hydrogen-bond donors (Lipinski definition) is 1. The molecule has 1 aromatic heterocycles. The van der Waals surface area contributed by atoms with Crippen LogP contribution in [-0.2, 0) is 10.0 Å². The number of nitrogens with one attached hydrogen (secondary N) is 1. The molecule has 2 fully saturated rings. The van der Waals surface area contributed by atoms with Gasteiger partial charge < -0.3 is 10.2 Å². The Hall–Kier alpha value is -2.52. The average molecular weight is 430 g/mol. The number of benzene rings is 1. The number of carbonyl (C=O) groups is 1. The van der Waals surface area contributed by atoms with Gasteiger partial charge >= 0.3 is 0 Å². The highest BCUT2D eigenvalue weighted by Crippen LogP contribution is 2.22. The summed E-state index contributed by atoms with van der Waals surface area (Å²) in [6.45, 7) is 3.02. The summed E-state index contributed by atoms with van der Waals surface area (Å²) >= 11 is 0. The van der Waals surface area contributed by atoms with Gasteiger partial charge in [-0.25, -0.2) is 18.4 Å². The summed E-state index contributed by atoms with van der Waals surface area (Å²) in [6, 6.07) is 7.85. The molecule has 30 heavy (non-hydrogen) atoms. The predicted molar refractivity (Wildman–Crippen MR) is 115 cm³/mol. The van der Waals surface area contributed by atoms with E-state index >= 15 is 0 Å². The van der Waals surface area contributed by atoms with Crippen LogP contribution in [0, 0.1) is 0 Å². The highest BCUT2D eigenvalue weighted by atomic mass is 32.2. The van der Waals surface area contributed by atoms with Crippen LogP contribution in [0.25, 0.3) is 0 Å². The highest BCUT2D eigenvalue weighted by molar-refractivity contribution is 7.89. The van der Waals surface area contributed by atoms with E-state index in [1.165, 1.54) is 29.2 Å². The van der Waals surface area contributed by atoms with Crippen LogP contribution in [0.5, 0.6) is 0 Å². The summed E-state index contributed by atoms with van der Waals surface area (Å²) < 4.78 is 27.0. The van der Waals surface area contributed by atoms with E-state index in [0.717, 1.165) is 51.0 Å². The Bertz CT molecular complexity index is 982. The van der Waals surface area contributed by atoms with E-state index in [2.05, 4.69) is 20.2 Å². The van der Waals surface area contributed by atoms with Crippen molar-refractivity contribution in [3.8, 4) is 0 Å². The number of hydrogen-bond acceptors (Lipinski definition) is 6. The van der Waals surface area contributed by atoms with Gasteiger partial charge in [0.2, 0.25) is 10.0 Å².